The third-order valence-corrected chi connectivity index (χ3v) is 3.69. The predicted molar refractivity (Wildman–Crippen MR) is 86.9 cm³/mol. The van der Waals surface area contributed by atoms with Gasteiger partial charge in [0.15, 0.2) is 11.5 Å². The maximum absolute atomic E-state index is 12.0. The average Bonchev–Trinajstić information content (AvgIpc) is 2.92. The van der Waals surface area contributed by atoms with E-state index >= 15 is 0 Å². The monoisotopic (exact) mass is 294 g/mol. The van der Waals surface area contributed by atoms with Gasteiger partial charge in [-0.25, -0.2) is 4.98 Å². The van der Waals surface area contributed by atoms with Gasteiger partial charge in [0.05, 0.1) is 0 Å². The Morgan fingerprint density at radius 3 is 2.73 bits per heavy atom. The number of hydrogen-bond acceptors (Lipinski definition) is 3. The molecule has 1 N–H and O–H groups in total. The second kappa shape index (κ2) is 6.02. The van der Waals surface area contributed by atoms with Crippen molar-refractivity contribution in [3.8, 4) is 0 Å². The number of benzene rings is 2. The fourth-order valence-corrected chi connectivity index (χ4v) is 2.29. The van der Waals surface area contributed by atoms with E-state index in [1.165, 1.54) is 5.56 Å². The molecular weight excluding hydrogens is 276 g/mol. The van der Waals surface area contributed by atoms with Crippen LogP contribution in [0, 0.1) is 13.8 Å². The maximum atomic E-state index is 12.0. The van der Waals surface area contributed by atoms with Crippen molar-refractivity contribution in [2.45, 2.75) is 26.7 Å². The molecule has 4 nitrogen and oxygen atoms in total. The lowest BCUT2D eigenvalue weighted by molar-refractivity contribution is -0.116. The molecule has 0 bridgehead atoms. The first kappa shape index (κ1) is 14.3. The van der Waals surface area contributed by atoms with Gasteiger partial charge in [0, 0.05) is 18.5 Å². The number of nitrogens with zero attached hydrogens (tertiary/aromatic N) is 1. The molecule has 0 saturated heterocycles. The number of carbonyl (C=O) groups is 1. The SMILES string of the molecule is Cc1ccc(NC(=O)CCc2nc3ccccc3o2)cc1C. The van der Waals surface area contributed by atoms with Crippen molar-refractivity contribution in [2.24, 2.45) is 0 Å². The highest BCUT2D eigenvalue weighted by Gasteiger charge is 2.09. The second-order valence-corrected chi connectivity index (χ2v) is 5.42. The summed E-state index contributed by atoms with van der Waals surface area (Å²) in [5, 5.41) is 2.91. The number of carbonyl (C=O) groups excluding carboxylic acids is 1. The zero-order valence-electron chi connectivity index (χ0n) is 12.7. The lowest BCUT2D eigenvalue weighted by Gasteiger charge is -2.07. The number of rotatable bonds is 4. The highest BCUT2D eigenvalue weighted by molar-refractivity contribution is 5.90. The molecule has 3 aromatic rings. The molecule has 0 aliphatic heterocycles. The van der Waals surface area contributed by atoms with E-state index in [-0.39, 0.29) is 5.91 Å². The quantitative estimate of drug-likeness (QED) is 0.790. The van der Waals surface area contributed by atoms with Crippen LogP contribution < -0.4 is 5.32 Å². The van der Waals surface area contributed by atoms with Crippen LogP contribution in [0.25, 0.3) is 11.1 Å². The van der Waals surface area contributed by atoms with Gasteiger partial charge in [-0.3, -0.25) is 4.79 Å². The standard InChI is InChI=1S/C18H18N2O2/c1-12-7-8-14(11-13(12)2)19-17(21)9-10-18-20-15-5-3-4-6-16(15)22-18/h3-8,11H,9-10H2,1-2H3,(H,19,21). The van der Waals surface area contributed by atoms with Crippen LogP contribution in [0.15, 0.2) is 46.9 Å². The summed E-state index contributed by atoms with van der Waals surface area (Å²) in [5.41, 5.74) is 4.78. The number of para-hydroxylation sites is 2. The van der Waals surface area contributed by atoms with Gasteiger partial charge in [-0.15, -0.1) is 0 Å². The van der Waals surface area contributed by atoms with Crippen molar-refractivity contribution < 1.29 is 9.21 Å². The second-order valence-electron chi connectivity index (χ2n) is 5.42. The summed E-state index contributed by atoms with van der Waals surface area (Å²) in [6, 6.07) is 13.5. The molecule has 0 aliphatic rings. The van der Waals surface area contributed by atoms with Crippen LogP contribution in [0.2, 0.25) is 0 Å². The number of oxazole rings is 1. The lowest BCUT2D eigenvalue weighted by atomic mass is 10.1. The Hall–Kier alpha value is -2.62. The number of aryl methyl sites for hydroxylation is 3. The number of fused-ring (bicyclic) bond motifs is 1. The fourth-order valence-electron chi connectivity index (χ4n) is 2.29. The van der Waals surface area contributed by atoms with Gasteiger partial charge in [0.1, 0.15) is 5.52 Å². The molecule has 0 unspecified atom stereocenters. The molecule has 0 spiro atoms. The van der Waals surface area contributed by atoms with Crippen molar-refractivity contribution in [3.63, 3.8) is 0 Å². The van der Waals surface area contributed by atoms with Crippen LogP contribution in [0.4, 0.5) is 5.69 Å². The number of amides is 1. The normalized spacial score (nSPS) is 10.8. The third kappa shape index (κ3) is 3.17. The minimum atomic E-state index is -0.0366. The van der Waals surface area contributed by atoms with Crippen molar-refractivity contribution in [3.05, 3.63) is 59.5 Å². The average molecular weight is 294 g/mol. The number of nitrogens with one attached hydrogen (secondary N) is 1. The molecule has 1 aromatic heterocycles. The highest BCUT2D eigenvalue weighted by Crippen LogP contribution is 2.17. The van der Waals surface area contributed by atoms with Gasteiger partial charge in [-0.1, -0.05) is 18.2 Å². The van der Waals surface area contributed by atoms with Gasteiger partial charge >= 0.3 is 0 Å². The molecule has 0 radical (unpaired) electrons. The molecule has 2 aromatic carbocycles. The van der Waals surface area contributed by atoms with Crippen LogP contribution in [-0.2, 0) is 11.2 Å². The molecule has 0 atom stereocenters. The molecular formula is C18H18N2O2. The largest absolute Gasteiger partial charge is 0.441 e. The highest BCUT2D eigenvalue weighted by atomic mass is 16.3. The summed E-state index contributed by atoms with van der Waals surface area (Å²) in [6.45, 7) is 4.08. The molecule has 1 heterocycles. The number of aromatic nitrogens is 1. The van der Waals surface area contributed by atoms with Gasteiger partial charge in [0.25, 0.3) is 0 Å². The molecule has 4 heteroatoms. The van der Waals surface area contributed by atoms with E-state index in [9.17, 15) is 4.79 Å². The van der Waals surface area contributed by atoms with E-state index in [2.05, 4.69) is 10.3 Å². The van der Waals surface area contributed by atoms with Crippen LogP contribution in [0.1, 0.15) is 23.4 Å². The van der Waals surface area contributed by atoms with E-state index in [0.717, 1.165) is 22.4 Å². The van der Waals surface area contributed by atoms with E-state index < -0.39 is 0 Å². The first-order valence-corrected chi connectivity index (χ1v) is 7.33. The smallest absolute Gasteiger partial charge is 0.224 e. The van der Waals surface area contributed by atoms with Gasteiger partial charge in [-0.05, 0) is 49.2 Å². The Morgan fingerprint density at radius 1 is 1.14 bits per heavy atom. The van der Waals surface area contributed by atoms with Crippen LogP contribution >= 0.6 is 0 Å². The Bertz CT molecular complexity index is 788. The third-order valence-electron chi connectivity index (χ3n) is 3.69. The summed E-state index contributed by atoms with van der Waals surface area (Å²) >= 11 is 0. The summed E-state index contributed by atoms with van der Waals surface area (Å²) in [7, 11) is 0. The summed E-state index contributed by atoms with van der Waals surface area (Å²) in [6.07, 6.45) is 0.838. The molecule has 22 heavy (non-hydrogen) atoms. The Kier molecular flexibility index (Phi) is 3.92. The Labute approximate surface area is 129 Å². The minimum absolute atomic E-state index is 0.0366. The Balaban J connectivity index is 1.60. The van der Waals surface area contributed by atoms with Crippen LogP contribution in [0.5, 0.6) is 0 Å². The van der Waals surface area contributed by atoms with Crippen molar-refractivity contribution in [1.29, 1.82) is 0 Å². The van der Waals surface area contributed by atoms with Crippen molar-refractivity contribution in [2.75, 3.05) is 5.32 Å². The summed E-state index contributed by atoms with van der Waals surface area (Å²) in [4.78, 5) is 16.4. The zero-order chi connectivity index (χ0) is 15.5. The minimum Gasteiger partial charge on any atom is -0.441 e. The van der Waals surface area contributed by atoms with E-state index in [1.807, 2.05) is 56.3 Å². The molecule has 0 fully saturated rings. The van der Waals surface area contributed by atoms with E-state index in [1.54, 1.807) is 0 Å². The predicted octanol–water partition coefficient (Wildman–Crippen LogP) is 4.02. The summed E-state index contributed by atoms with van der Waals surface area (Å²) < 4.78 is 5.61. The molecule has 3 rings (SSSR count). The summed E-state index contributed by atoms with van der Waals surface area (Å²) in [5.74, 6) is 0.557. The topological polar surface area (TPSA) is 55.1 Å². The van der Waals surface area contributed by atoms with Gasteiger partial charge in [-0.2, -0.15) is 0 Å². The first-order chi connectivity index (χ1) is 10.6. The maximum Gasteiger partial charge on any atom is 0.224 e. The fraction of sp³-hybridized carbons (Fsp3) is 0.222. The Morgan fingerprint density at radius 2 is 1.95 bits per heavy atom. The zero-order valence-corrected chi connectivity index (χ0v) is 12.7. The first-order valence-electron chi connectivity index (χ1n) is 7.33. The molecule has 0 saturated carbocycles. The van der Waals surface area contributed by atoms with E-state index in [0.29, 0.717) is 18.7 Å². The van der Waals surface area contributed by atoms with Gasteiger partial charge < -0.3 is 9.73 Å². The van der Waals surface area contributed by atoms with Crippen molar-refractivity contribution in [1.82, 2.24) is 4.98 Å². The van der Waals surface area contributed by atoms with E-state index in [4.69, 9.17) is 4.42 Å². The van der Waals surface area contributed by atoms with Crippen LogP contribution in [0.3, 0.4) is 0 Å². The molecule has 112 valence electrons. The number of hydrogen-bond donors (Lipinski definition) is 1. The van der Waals surface area contributed by atoms with Crippen molar-refractivity contribution >= 4 is 22.7 Å². The van der Waals surface area contributed by atoms with Gasteiger partial charge in [0.2, 0.25) is 5.91 Å². The number of anilines is 1. The molecule has 0 aliphatic carbocycles. The van der Waals surface area contributed by atoms with Crippen LogP contribution in [-0.4, -0.2) is 10.9 Å². The molecule has 1 amide bonds. The lowest BCUT2D eigenvalue weighted by Crippen LogP contribution is -2.12.